The van der Waals surface area contributed by atoms with Gasteiger partial charge in [-0.15, -0.1) is 0 Å². The Morgan fingerprint density at radius 3 is 1.96 bits per heavy atom. The van der Waals surface area contributed by atoms with Crippen LogP contribution in [0.1, 0.15) is 87.5 Å². The van der Waals surface area contributed by atoms with Crippen LogP contribution in [0, 0.1) is 11.3 Å². The summed E-state index contributed by atoms with van der Waals surface area (Å²) in [6, 6.07) is 0.766. The normalized spacial score (nSPS) is 25.0. The lowest BCUT2D eigenvalue weighted by Gasteiger charge is -2.41. The van der Waals surface area contributed by atoms with E-state index in [9.17, 15) is 4.79 Å². The molecule has 0 aromatic carbocycles. The smallest absolute Gasteiger partial charge is 0.228 e. The Balaban J connectivity index is 0. The van der Waals surface area contributed by atoms with Crippen molar-refractivity contribution >= 4 is 5.91 Å². The molecule has 0 aliphatic carbocycles. The molecule has 5 nitrogen and oxygen atoms in total. The van der Waals surface area contributed by atoms with Gasteiger partial charge in [-0.25, -0.2) is 0 Å². The lowest BCUT2D eigenvalue weighted by molar-refractivity contribution is -0.134. The van der Waals surface area contributed by atoms with Crippen LogP contribution in [0.25, 0.3) is 0 Å². The summed E-state index contributed by atoms with van der Waals surface area (Å²) >= 11 is 0. The van der Waals surface area contributed by atoms with Crippen LogP contribution in [-0.4, -0.2) is 61.4 Å². The van der Waals surface area contributed by atoms with E-state index in [2.05, 4.69) is 17.1 Å². The zero-order valence-electron chi connectivity index (χ0n) is 20.1. The summed E-state index contributed by atoms with van der Waals surface area (Å²) in [5.41, 5.74) is -0.516. The standard InChI is InChI=1S/C10H19NO.C7H13NO2.3C2H6/c1-2-9-3-5-11(6-4-9)10-7-12-8-10;1-7(5-9)3-2-4-8-6(7)10;3*1-2/h9-10H,2-8H2,1H3;9H,2-5H2,1H3,(H,8,10);3*1-2H3. The van der Waals surface area contributed by atoms with E-state index >= 15 is 0 Å². The average Bonchev–Trinajstić information content (AvgIpc) is 2.74. The highest BCUT2D eigenvalue weighted by Crippen LogP contribution is 2.25. The van der Waals surface area contributed by atoms with Gasteiger partial charge in [-0.2, -0.15) is 0 Å². The first kappa shape index (κ1) is 29.6. The molecule has 5 heteroatoms. The summed E-state index contributed by atoms with van der Waals surface area (Å²) in [6.07, 6.45) is 5.97. The van der Waals surface area contributed by atoms with Crippen molar-refractivity contribution in [2.75, 3.05) is 39.5 Å². The maximum atomic E-state index is 11.1. The van der Waals surface area contributed by atoms with Crippen LogP contribution in [0.5, 0.6) is 0 Å². The molecule has 0 spiro atoms. The Hall–Kier alpha value is -0.650. The van der Waals surface area contributed by atoms with Crippen molar-refractivity contribution in [1.29, 1.82) is 0 Å². The number of ether oxygens (including phenoxy) is 1. The topological polar surface area (TPSA) is 61.8 Å². The fourth-order valence-corrected chi connectivity index (χ4v) is 3.32. The van der Waals surface area contributed by atoms with Crippen LogP contribution in [0.15, 0.2) is 0 Å². The van der Waals surface area contributed by atoms with Crippen molar-refractivity contribution in [2.24, 2.45) is 11.3 Å². The summed E-state index contributed by atoms with van der Waals surface area (Å²) in [6.45, 7) is 21.4. The van der Waals surface area contributed by atoms with E-state index in [-0.39, 0.29) is 12.5 Å². The van der Waals surface area contributed by atoms with Crippen molar-refractivity contribution < 1.29 is 14.6 Å². The molecule has 170 valence electrons. The number of carbonyl (C=O) groups excluding carboxylic acids is 1. The van der Waals surface area contributed by atoms with Gasteiger partial charge in [0.15, 0.2) is 0 Å². The van der Waals surface area contributed by atoms with E-state index in [1.807, 2.05) is 41.5 Å². The van der Waals surface area contributed by atoms with Crippen LogP contribution in [0.4, 0.5) is 0 Å². The van der Waals surface area contributed by atoms with E-state index in [0.717, 1.165) is 44.6 Å². The van der Waals surface area contributed by atoms with Gasteiger partial charge in [-0.3, -0.25) is 9.69 Å². The number of amides is 1. The average molecular weight is 403 g/mol. The molecule has 3 aliphatic rings. The monoisotopic (exact) mass is 402 g/mol. The number of likely N-dealkylation sites (tertiary alicyclic amines) is 1. The Morgan fingerprint density at radius 1 is 1.11 bits per heavy atom. The fraction of sp³-hybridized carbons (Fsp3) is 0.957. The summed E-state index contributed by atoms with van der Waals surface area (Å²) < 4.78 is 5.20. The second-order valence-electron chi connectivity index (χ2n) is 7.16. The van der Waals surface area contributed by atoms with Crippen molar-refractivity contribution in [2.45, 2.75) is 93.5 Å². The van der Waals surface area contributed by atoms with Crippen LogP contribution >= 0.6 is 0 Å². The van der Waals surface area contributed by atoms with E-state index in [4.69, 9.17) is 9.84 Å². The molecule has 1 unspecified atom stereocenters. The highest BCUT2D eigenvalue weighted by Gasteiger charge is 2.34. The van der Waals surface area contributed by atoms with Crippen LogP contribution in [-0.2, 0) is 9.53 Å². The van der Waals surface area contributed by atoms with Gasteiger partial charge in [0.1, 0.15) is 0 Å². The number of rotatable bonds is 3. The van der Waals surface area contributed by atoms with E-state index < -0.39 is 5.41 Å². The molecule has 0 bridgehead atoms. The number of aliphatic hydroxyl groups excluding tert-OH is 1. The summed E-state index contributed by atoms with van der Waals surface area (Å²) in [5, 5.41) is 11.6. The Bertz CT molecular complexity index is 354. The van der Waals surface area contributed by atoms with Gasteiger partial charge in [0.05, 0.1) is 31.3 Å². The molecule has 0 radical (unpaired) electrons. The minimum Gasteiger partial charge on any atom is -0.395 e. The molecule has 3 fully saturated rings. The Morgan fingerprint density at radius 2 is 1.64 bits per heavy atom. The predicted molar refractivity (Wildman–Crippen MR) is 121 cm³/mol. The molecule has 3 rings (SSSR count). The largest absolute Gasteiger partial charge is 0.395 e. The van der Waals surface area contributed by atoms with E-state index in [1.54, 1.807) is 6.92 Å². The highest BCUT2D eigenvalue weighted by atomic mass is 16.5. The minimum atomic E-state index is -0.516. The van der Waals surface area contributed by atoms with Crippen LogP contribution in [0.2, 0.25) is 0 Å². The molecule has 0 aromatic rings. The molecule has 3 aliphatic heterocycles. The number of carbonyl (C=O) groups is 1. The molecule has 1 atom stereocenters. The Labute approximate surface area is 175 Å². The third kappa shape index (κ3) is 10.2. The van der Waals surface area contributed by atoms with Gasteiger partial charge in [-0.1, -0.05) is 54.9 Å². The lowest BCUT2D eigenvalue weighted by atomic mass is 9.83. The summed E-state index contributed by atoms with van der Waals surface area (Å²) in [4.78, 5) is 13.7. The SMILES string of the molecule is CC.CC.CC.CC1(CO)CCCNC1=O.CCC1CCN(C2COC2)CC1. The third-order valence-corrected chi connectivity index (χ3v) is 5.45. The van der Waals surface area contributed by atoms with E-state index in [0.29, 0.717) is 0 Å². The number of hydrogen-bond acceptors (Lipinski definition) is 4. The quantitative estimate of drug-likeness (QED) is 0.730. The van der Waals surface area contributed by atoms with Crippen molar-refractivity contribution in [3.8, 4) is 0 Å². The first-order valence-corrected chi connectivity index (χ1v) is 11.8. The lowest BCUT2D eigenvalue weighted by Crippen LogP contribution is -2.51. The minimum absolute atomic E-state index is 0.0127. The number of nitrogens with one attached hydrogen (secondary N) is 1. The molecule has 3 heterocycles. The Kier molecular flexibility index (Phi) is 19.4. The first-order chi connectivity index (χ1) is 13.6. The van der Waals surface area contributed by atoms with Gasteiger partial charge in [0.2, 0.25) is 5.91 Å². The first-order valence-electron chi connectivity index (χ1n) is 11.8. The van der Waals surface area contributed by atoms with Gasteiger partial charge in [0.25, 0.3) is 0 Å². The number of hydrogen-bond donors (Lipinski definition) is 2. The summed E-state index contributed by atoms with van der Waals surface area (Å²) in [5.74, 6) is 0.989. The van der Waals surface area contributed by atoms with E-state index in [1.165, 1.54) is 32.4 Å². The number of nitrogens with zero attached hydrogens (tertiary/aromatic N) is 1. The second-order valence-corrected chi connectivity index (χ2v) is 7.16. The molecular weight excluding hydrogens is 352 g/mol. The maximum Gasteiger partial charge on any atom is 0.228 e. The number of piperidine rings is 2. The molecular formula is C23H50N2O3. The van der Waals surface area contributed by atoms with Gasteiger partial charge >= 0.3 is 0 Å². The second kappa shape index (κ2) is 18.4. The van der Waals surface area contributed by atoms with Crippen molar-refractivity contribution in [3.05, 3.63) is 0 Å². The summed E-state index contributed by atoms with van der Waals surface area (Å²) in [7, 11) is 0. The van der Waals surface area contributed by atoms with Crippen molar-refractivity contribution in [1.82, 2.24) is 10.2 Å². The van der Waals surface area contributed by atoms with Gasteiger partial charge in [-0.05, 0) is 51.6 Å². The molecule has 28 heavy (non-hydrogen) atoms. The van der Waals surface area contributed by atoms with Crippen molar-refractivity contribution in [3.63, 3.8) is 0 Å². The fourth-order valence-electron chi connectivity index (χ4n) is 3.32. The molecule has 0 saturated carbocycles. The molecule has 1 amide bonds. The van der Waals surface area contributed by atoms with Gasteiger partial charge in [0, 0.05) is 6.54 Å². The van der Waals surface area contributed by atoms with Crippen LogP contribution in [0.3, 0.4) is 0 Å². The zero-order valence-corrected chi connectivity index (χ0v) is 20.1. The molecule has 0 aromatic heterocycles. The highest BCUT2D eigenvalue weighted by molar-refractivity contribution is 5.82. The third-order valence-electron chi connectivity index (χ3n) is 5.45. The maximum absolute atomic E-state index is 11.1. The molecule has 2 N–H and O–H groups in total. The number of aliphatic hydroxyl groups is 1. The zero-order chi connectivity index (χ0) is 22.0. The predicted octanol–water partition coefficient (Wildman–Crippen LogP) is 4.48. The van der Waals surface area contributed by atoms with Crippen LogP contribution < -0.4 is 5.32 Å². The molecule has 3 saturated heterocycles. The van der Waals surface area contributed by atoms with Gasteiger partial charge < -0.3 is 15.2 Å².